The summed E-state index contributed by atoms with van der Waals surface area (Å²) in [5.74, 6) is 0.345. The summed E-state index contributed by atoms with van der Waals surface area (Å²) in [5.41, 5.74) is 0. The quantitative estimate of drug-likeness (QED) is 0.625. The minimum atomic E-state index is -0.705. The second kappa shape index (κ2) is 5.24. The van der Waals surface area contributed by atoms with Crippen molar-refractivity contribution in [2.45, 2.75) is 77.8 Å². The lowest BCUT2D eigenvalue weighted by atomic mass is 9.78. The van der Waals surface area contributed by atoms with E-state index in [2.05, 4.69) is 27.7 Å². The SMILES string of the molecule is CC1CCC(C)C2(C1)OOC1(CC(C)CCC1C)OO2. The standard InChI is InChI=1S/C16H28O4/c1-11-5-7-13(3)15(9-11)17-19-16(20-18-15)10-12(2)6-8-14(16)4/h11-14H,5-10H2,1-4H3. The van der Waals surface area contributed by atoms with E-state index in [9.17, 15) is 0 Å². The molecule has 1 aliphatic heterocycles. The molecule has 3 rings (SSSR count). The Kier molecular flexibility index (Phi) is 3.87. The van der Waals surface area contributed by atoms with Gasteiger partial charge in [0.05, 0.1) is 0 Å². The van der Waals surface area contributed by atoms with Crippen LogP contribution < -0.4 is 0 Å². The first-order chi connectivity index (χ1) is 9.46. The van der Waals surface area contributed by atoms with Crippen molar-refractivity contribution in [3.63, 3.8) is 0 Å². The van der Waals surface area contributed by atoms with Gasteiger partial charge in [0.25, 0.3) is 0 Å². The Balaban J connectivity index is 1.72. The topological polar surface area (TPSA) is 36.9 Å². The molecule has 4 atom stereocenters. The van der Waals surface area contributed by atoms with Gasteiger partial charge in [-0.2, -0.15) is 19.6 Å². The van der Waals surface area contributed by atoms with Gasteiger partial charge in [-0.15, -0.1) is 0 Å². The van der Waals surface area contributed by atoms with Crippen LogP contribution in [0.2, 0.25) is 0 Å². The van der Waals surface area contributed by atoms with E-state index in [1.807, 2.05) is 0 Å². The van der Waals surface area contributed by atoms with Crippen LogP contribution in [0.25, 0.3) is 0 Å². The van der Waals surface area contributed by atoms with Crippen molar-refractivity contribution < 1.29 is 19.6 Å². The van der Waals surface area contributed by atoms with Crippen LogP contribution in [0, 0.1) is 23.7 Å². The molecule has 0 bridgehead atoms. The van der Waals surface area contributed by atoms with Crippen molar-refractivity contribution >= 4 is 0 Å². The third kappa shape index (κ3) is 2.41. The molecule has 3 aliphatic rings. The van der Waals surface area contributed by atoms with Gasteiger partial charge in [-0.3, -0.25) is 0 Å². The molecule has 3 fully saturated rings. The van der Waals surface area contributed by atoms with Gasteiger partial charge in [-0.1, -0.05) is 40.5 Å². The van der Waals surface area contributed by atoms with E-state index >= 15 is 0 Å². The highest BCUT2D eigenvalue weighted by Gasteiger charge is 2.56. The van der Waals surface area contributed by atoms with Gasteiger partial charge in [-0.25, -0.2) is 0 Å². The maximum absolute atomic E-state index is 5.85. The van der Waals surface area contributed by atoms with Gasteiger partial charge in [0.2, 0.25) is 11.6 Å². The maximum Gasteiger partial charge on any atom is 0.237 e. The molecule has 0 aromatic rings. The second-order valence-electron chi connectivity index (χ2n) is 7.53. The van der Waals surface area contributed by atoms with Crippen LogP contribution in [0.1, 0.15) is 66.2 Å². The van der Waals surface area contributed by atoms with Crippen molar-refractivity contribution in [1.29, 1.82) is 0 Å². The molecule has 0 amide bonds. The molecule has 1 saturated heterocycles. The van der Waals surface area contributed by atoms with Gasteiger partial charge in [0.1, 0.15) is 0 Å². The molecular formula is C16H28O4. The molecule has 20 heavy (non-hydrogen) atoms. The van der Waals surface area contributed by atoms with Gasteiger partial charge in [0, 0.05) is 24.7 Å². The lowest BCUT2D eigenvalue weighted by Crippen LogP contribution is -2.59. The van der Waals surface area contributed by atoms with E-state index < -0.39 is 11.6 Å². The molecule has 0 aromatic heterocycles. The largest absolute Gasteiger partial charge is 0.237 e. The molecule has 0 aromatic carbocycles. The second-order valence-corrected chi connectivity index (χ2v) is 7.53. The predicted octanol–water partition coefficient (Wildman–Crippen LogP) is 4.20. The fourth-order valence-corrected chi connectivity index (χ4v) is 3.86. The summed E-state index contributed by atoms with van der Waals surface area (Å²) >= 11 is 0. The fourth-order valence-electron chi connectivity index (χ4n) is 3.86. The number of hydrogen-bond donors (Lipinski definition) is 0. The van der Waals surface area contributed by atoms with Crippen LogP contribution in [0.4, 0.5) is 0 Å². The minimum absolute atomic E-state index is 0.298. The molecule has 2 aliphatic carbocycles. The van der Waals surface area contributed by atoms with E-state index in [0.29, 0.717) is 23.7 Å². The molecule has 0 radical (unpaired) electrons. The molecule has 1 heterocycles. The molecule has 2 spiro atoms. The van der Waals surface area contributed by atoms with Gasteiger partial charge in [-0.05, 0) is 24.7 Å². The van der Waals surface area contributed by atoms with Crippen molar-refractivity contribution in [3.05, 3.63) is 0 Å². The zero-order valence-electron chi connectivity index (χ0n) is 13.2. The normalized spacial score (nSPS) is 53.4. The van der Waals surface area contributed by atoms with E-state index in [0.717, 1.165) is 25.7 Å². The Morgan fingerprint density at radius 2 is 0.950 bits per heavy atom. The van der Waals surface area contributed by atoms with E-state index in [-0.39, 0.29) is 0 Å². The molecule has 4 unspecified atom stereocenters. The molecule has 0 N–H and O–H groups in total. The highest BCUT2D eigenvalue weighted by molar-refractivity contribution is 4.88. The van der Waals surface area contributed by atoms with E-state index in [1.165, 1.54) is 12.8 Å². The molecule has 116 valence electrons. The van der Waals surface area contributed by atoms with Crippen LogP contribution in [0.15, 0.2) is 0 Å². The summed E-state index contributed by atoms with van der Waals surface area (Å²) in [6.45, 7) is 8.78. The van der Waals surface area contributed by atoms with Crippen LogP contribution in [-0.4, -0.2) is 11.6 Å². The summed E-state index contributed by atoms with van der Waals surface area (Å²) in [5, 5.41) is 0. The average Bonchev–Trinajstić information content (AvgIpc) is 2.42. The molecule has 2 saturated carbocycles. The molecular weight excluding hydrogens is 256 g/mol. The van der Waals surface area contributed by atoms with Crippen molar-refractivity contribution in [2.75, 3.05) is 0 Å². The third-order valence-electron chi connectivity index (χ3n) is 5.60. The van der Waals surface area contributed by atoms with Crippen molar-refractivity contribution in [2.24, 2.45) is 23.7 Å². The fraction of sp³-hybridized carbons (Fsp3) is 1.00. The third-order valence-corrected chi connectivity index (χ3v) is 5.60. The summed E-state index contributed by atoms with van der Waals surface area (Å²) in [7, 11) is 0. The van der Waals surface area contributed by atoms with Crippen LogP contribution in [0.3, 0.4) is 0 Å². The summed E-state index contributed by atoms with van der Waals surface area (Å²) in [4.78, 5) is 23.4. The Bertz CT molecular complexity index is 314. The lowest BCUT2D eigenvalue weighted by Gasteiger charge is -2.51. The van der Waals surface area contributed by atoms with Crippen molar-refractivity contribution in [3.8, 4) is 0 Å². The summed E-state index contributed by atoms with van der Waals surface area (Å²) in [6.07, 6.45) is 6.30. The first kappa shape index (κ1) is 14.8. The summed E-state index contributed by atoms with van der Waals surface area (Å²) in [6, 6.07) is 0. The van der Waals surface area contributed by atoms with Gasteiger partial charge < -0.3 is 0 Å². The van der Waals surface area contributed by atoms with Gasteiger partial charge in [0.15, 0.2) is 0 Å². The van der Waals surface area contributed by atoms with Crippen LogP contribution in [0.5, 0.6) is 0 Å². The average molecular weight is 284 g/mol. The maximum atomic E-state index is 5.85. The van der Waals surface area contributed by atoms with Crippen LogP contribution in [-0.2, 0) is 19.6 Å². The van der Waals surface area contributed by atoms with E-state index in [1.54, 1.807) is 0 Å². The van der Waals surface area contributed by atoms with Crippen molar-refractivity contribution in [1.82, 2.24) is 0 Å². The first-order valence-corrected chi connectivity index (χ1v) is 8.19. The summed E-state index contributed by atoms with van der Waals surface area (Å²) < 4.78 is 0. The highest BCUT2D eigenvalue weighted by atomic mass is 17.4. The smallest absolute Gasteiger partial charge is 0.195 e. The molecule has 4 nitrogen and oxygen atoms in total. The monoisotopic (exact) mass is 284 g/mol. The van der Waals surface area contributed by atoms with E-state index in [4.69, 9.17) is 19.6 Å². The Labute approximate surface area is 122 Å². The first-order valence-electron chi connectivity index (χ1n) is 8.19. The Morgan fingerprint density at radius 3 is 1.30 bits per heavy atom. The predicted molar refractivity (Wildman–Crippen MR) is 74.2 cm³/mol. The minimum Gasteiger partial charge on any atom is -0.195 e. The van der Waals surface area contributed by atoms with Crippen LogP contribution >= 0.6 is 0 Å². The lowest BCUT2D eigenvalue weighted by molar-refractivity contribution is -0.676. The zero-order chi connectivity index (χ0) is 14.4. The van der Waals surface area contributed by atoms with Gasteiger partial charge >= 0.3 is 0 Å². The highest BCUT2D eigenvalue weighted by Crippen LogP contribution is 2.49. The Morgan fingerprint density at radius 1 is 0.600 bits per heavy atom. The molecule has 4 heteroatoms. The number of rotatable bonds is 0. The number of hydrogen-bond acceptors (Lipinski definition) is 4. The zero-order valence-corrected chi connectivity index (χ0v) is 13.2. The Hall–Kier alpha value is -0.160.